The van der Waals surface area contributed by atoms with Gasteiger partial charge in [0.25, 0.3) is 48.6 Å². The van der Waals surface area contributed by atoms with E-state index in [0.717, 1.165) is 76.4 Å². The Morgan fingerprint density at radius 3 is 0.942 bits per heavy atom. The minimum absolute atomic E-state index is 0. The van der Waals surface area contributed by atoms with E-state index < -0.39 is 34.8 Å². The molecule has 0 radical (unpaired) electrons. The summed E-state index contributed by atoms with van der Waals surface area (Å²) in [4.78, 5) is 60.0. The summed E-state index contributed by atoms with van der Waals surface area (Å²) in [5.74, 6) is 6.23. The molecule has 7 fully saturated rings. The molecule has 7 aromatic carbocycles. The summed E-state index contributed by atoms with van der Waals surface area (Å²) < 4.78 is 85.3. The van der Waals surface area contributed by atoms with Gasteiger partial charge in [-0.3, -0.25) is 34.2 Å². The number of H-pyrrole nitrogens is 3. The molecule has 0 spiro atoms. The van der Waals surface area contributed by atoms with E-state index >= 15 is 0 Å². The van der Waals surface area contributed by atoms with Crippen molar-refractivity contribution in [2.75, 3.05) is 0 Å². The number of aromatic nitrogens is 8. The Morgan fingerprint density at radius 1 is 0.336 bits per heavy atom. The van der Waals surface area contributed by atoms with Crippen molar-refractivity contribution in [1.82, 2.24) is 40.0 Å². The summed E-state index contributed by atoms with van der Waals surface area (Å²) in [6, 6.07) is 47.2. The van der Waals surface area contributed by atoms with Gasteiger partial charge in [-0.25, -0.2) is 22.9 Å². The van der Waals surface area contributed by atoms with E-state index in [2.05, 4.69) is 45.4 Å². The molecule has 26 heteroatoms. The van der Waals surface area contributed by atoms with Gasteiger partial charge in [-0.15, -0.1) is 10.2 Å². The maximum absolute atomic E-state index is 12.9. The SMILES string of the molecule is C1CCC(C2CCCCC2)CC1.C1CCC(C2CCCCC2)CC1.CC.CC.CC.CC.CCCC.Cc1ccc(S(=O)(=O)Cl)cc1.Cc1ccc(S(=O)(=O)Oc2n[nH]c(=O)c3ccccc23)cc1.Cc1ccc(S(=O)(=O)Oc2nn(CCC3CCCCC3)c(=O)c3ccccc23)cc1.O=c1[nH][nH]c(=O)c2ccccc12.O=c1c2ccccc2c(C2CCCCC2)nn1CCC1CCCCC1.[H-].[Na+]. The van der Waals surface area contributed by atoms with E-state index in [9.17, 15) is 49.2 Å². The molecule has 3 N–H and O–H groups in total. The standard InChI is InChI=1S/C23H26N2O4S.C22H30N2O.C15H12N2O4S.2C12H22.C8H6N2O2.C7H7ClO2S.C4H10.4C2H6.Na.H/c1-17-11-13-19(14-12-17)30(27,28)29-22-20-9-5-6-10-21(20)23(26)25(24-22)16-15-18-7-3-2-4-8-18;25-22-20-14-8-7-13-19(20)21(18-11-5-2-6-12-18)23-24(22)16-15-17-9-3-1-4-10-17;1-10-6-8-11(9-7-10)22(19,20)21-15-13-5-3-2-4-12(13)14(18)16-17-15;2*1-3-7-11(8-4-1)12-9-5-2-6-10-12;11-7-5-3-1-2-4-6(5)8(12)10-9-7;1-6-2-4-7(5-3-6)11(8,9)10;1-3-4-2;4*1-2;;/h5-6,9-14,18H,2-4,7-8,15-16H2,1H3;7-8,13-14,17-18H,1-6,9-12,15-16H2;2-9H,1H3,(H,16,18);2*11-12H,1-10H2;1-4H,(H,9,11)(H,10,12);2-5H,1H3;3-4H2,1-2H3;4*1-2H3;;/q;;;;;;;;;;;;+1;-1. The fourth-order valence-electron chi connectivity index (χ4n) is 19.2. The average molecular weight is 1970 g/mol. The Hall–Kier alpha value is -8.36. The second-order valence-corrected chi connectivity index (χ2v) is 41.8. The minimum Gasteiger partial charge on any atom is -1.00 e. The van der Waals surface area contributed by atoms with Gasteiger partial charge in [-0.1, -0.05) is 402 Å². The molecule has 11 aromatic rings. The monoisotopic (exact) mass is 1970 g/mol. The van der Waals surface area contributed by atoms with Crippen LogP contribution in [0.2, 0.25) is 0 Å². The molecule has 0 unspecified atom stereocenters. The number of rotatable bonds is 17. The quantitative estimate of drug-likeness (QED) is 0.0433. The molecule has 18 rings (SSSR count). The molecule has 0 bridgehead atoms. The second kappa shape index (κ2) is 63.4. The van der Waals surface area contributed by atoms with Crippen molar-refractivity contribution < 1.29 is 64.6 Å². The summed E-state index contributed by atoms with van der Waals surface area (Å²) in [7, 11) is -6.55. The first-order valence-corrected chi connectivity index (χ1v) is 56.7. The van der Waals surface area contributed by atoms with Crippen LogP contribution in [0.1, 0.15) is 349 Å². The predicted molar refractivity (Wildman–Crippen MR) is 563 cm³/mol. The number of halogens is 1. The van der Waals surface area contributed by atoms with Crippen molar-refractivity contribution in [2.24, 2.45) is 35.5 Å². The van der Waals surface area contributed by atoms with Crippen molar-refractivity contribution in [2.45, 2.75) is 374 Å². The van der Waals surface area contributed by atoms with Crippen LogP contribution in [0.25, 0.3) is 43.1 Å². The Morgan fingerprint density at radius 2 is 0.606 bits per heavy atom. The van der Waals surface area contributed by atoms with Gasteiger partial charge in [0.2, 0.25) is 0 Å². The number of aromatic amines is 3. The molecule has 0 atom stereocenters. The molecular weight excluding hydrogens is 1810 g/mol. The van der Waals surface area contributed by atoms with Crippen molar-refractivity contribution in [3.8, 4) is 11.8 Å². The third-order valence-electron chi connectivity index (χ3n) is 26.8. The molecule has 748 valence electrons. The van der Waals surface area contributed by atoms with Crippen molar-refractivity contribution in [3.63, 3.8) is 0 Å². The zero-order valence-electron chi connectivity index (χ0n) is 85.8. The average Bonchev–Trinajstić information content (AvgIpc) is 0.777. The Kier molecular flexibility index (Phi) is 54.3. The molecule has 4 heterocycles. The molecule has 137 heavy (non-hydrogen) atoms. The first kappa shape index (κ1) is 117. The molecular formula is C111H160ClN8NaO13S3. The molecule has 0 amide bonds. The van der Waals surface area contributed by atoms with E-state index in [4.69, 9.17) is 24.1 Å². The van der Waals surface area contributed by atoms with Crippen LogP contribution in [0.5, 0.6) is 11.8 Å². The number of benzene rings is 7. The number of fused-ring (bicyclic) bond motifs is 4. The van der Waals surface area contributed by atoms with Crippen LogP contribution in [-0.4, -0.2) is 65.2 Å². The van der Waals surface area contributed by atoms with Crippen LogP contribution in [-0.2, 0) is 42.4 Å². The summed E-state index contributed by atoms with van der Waals surface area (Å²) in [5, 5.41) is 23.9. The predicted octanol–water partition coefficient (Wildman–Crippen LogP) is 25.3. The van der Waals surface area contributed by atoms with E-state index in [1.54, 1.807) is 165 Å². The normalized spacial score (nSPS) is 16.2. The zero-order chi connectivity index (χ0) is 98.8. The molecule has 0 saturated heterocycles. The Labute approximate surface area is 846 Å². The Balaban J connectivity index is 0.000000286. The molecule has 7 saturated carbocycles. The number of hydrogen-bond donors (Lipinski definition) is 3. The minimum atomic E-state index is -4.06. The van der Waals surface area contributed by atoms with Crippen molar-refractivity contribution >= 4 is 83.1 Å². The fourth-order valence-corrected chi connectivity index (χ4v) is 21.8. The topological polar surface area (TPSA) is 302 Å². The Bertz CT molecular complexity index is 5880. The largest absolute Gasteiger partial charge is 1.00 e. The maximum atomic E-state index is 12.9. The van der Waals surface area contributed by atoms with Crippen LogP contribution in [0.3, 0.4) is 0 Å². The van der Waals surface area contributed by atoms with E-state index in [1.165, 1.54) is 233 Å². The van der Waals surface area contributed by atoms with Crippen molar-refractivity contribution in [3.05, 3.63) is 244 Å². The zero-order valence-corrected chi connectivity index (χ0v) is 90.1. The van der Waals surface area contributed by atoms with E-state index in [-0.39, 0.29) is 79.7 Å². The first-order chi connectivity index (χ1) is 65.9. The van der Waals surface area contributed by atoms with Crippen LogP contribution >= 0.6 is 10.7 Å². The van der Waals surface area contributed by atoms with Gasteiger partial charge in [-0.2, -0.15) is 21.9 Å². The molecule has 21 nitrogen and oxygen atoms in total. The number of nitrogens with zero attached hydrogens (tertiary/aromatic N) is 5. The van der Waals surface area contributed by atoms with Crippen LogP contribution in [0, 0.1) is 56.3 Å². The molecule has 7 aliphatic rings. The van der Waals surface area contributed by atoms with Gasteiger partial charge < -0.3 is 9.79 Å². The number of hydrogen-bond acceptors (Lipinski definition) is 16. The van der Waals surface area contributed by atoms with E-state index in [1.807, 2.05) is 94.4 Å². The van der Waals surface area contributed by atoms with Gasteiger partial charge in [0.1, 0.15) is 9.79 Å². The fraction of sp³-hybridized carbons (Fsp3) is 0.550. The molecule has 7 aliphatic carbocycles. The third-order valence-corrected chi connectivity index (χ3v) is 30.6. The van der Waals surface area contributed by atoms with Gasteiger partial charge >= 0.3 is 49.8 Å². The van der Waals surface area contributed by atoms with E-state index in [0.29, 0.717) is 50.7 Å². The number of aryl methyl sites for hydroxylation is 5. The van der Waals surface area contributed by atoms with Crippen LogP contribution in [0.4, 0.5) is 0 Å². The van der Waals surface area contributed by atoms with Crippen molar-refractivity contribution in [1.29, 1.82) is 0 Å². The first-order valence-electron chi connectivity index (χ1n) is 51.6. The summed E-state index contributed by atoms with van der Waals surface area (Å²) >= 11 is 0. The maximum Gasteiger partial charge on any atom is 1.00 e. The van der Waals surface area contributed by atoms with Gasteiger partial charge in [0.15, 0.2) is 0 Å². The number of unbranched alkanes of at least 4 members (excludes halogenated alkanes) is 1. The smallest absolute Gasteiger partial charge is 1.00 e. The summed E-state index contributed by atoms with van der Waals surface area (Å²) in [6.45, 7) is 27.2. The second-order valence-electron chi connectivity index (χ2n) is 36.2. The van der Waals surface area contributed by atoms with Crippen LogP contribution < -0.4 is 65.7 Å². The van der Waals surface area contributed by atoms with Crippen LogP contribution in [0.15, 0.2) is 209 Å². The molecule has 4 aromatic heterocycles. The summed E-state index contributed by atoms with van der Waals surface area (Å²) in [6.07, 6.45) is 54.6. The van der Waals surface area contributed by atoms with Gasteiger partial charge in [0.05, 0.1) is 48.3 Å². The molecule has 0 aliphatic heterocycles. The van der Waals surface area contributed by atoms with Gasteiger partial charge in [0, 0.05) is 35.1 Å². The number of nitrogens with one attached hydrogen (secondary N) is 3. The van der Waals surface area contributed by atoms with Gasteiger partial charge in [-0.05, 0) is 161 Å². The summed E-state index contributed by atoms with van der Waals surface area (Å²) in [5.41, 5.74) is 3.01. The third kappa shape index (κ3) is 37.9.